The van der Waals surface area contributed by atoms with E-state index in [9.17, 15) is 9.59 Å². The number of halogens is 1. The highest BCUT2D eigenvalue weighted by Gasteiger charge is 2.47. The summed E-state index contributed by atoms with van der Waals surface area (Å²) in [4.78, 5) is 22.7. The molecule has 2 bridgehead atoms. The smallest absolute Gasteiger partial charge is 0.315 e. The summed E-state index contributed by atoms with van der Waals surface area (Å²) in [6, 6.07) is 0. The Kier molecular flexibility index (Phi) is 2.23. The fraction of sp³-hybridized carbons (Fsp3) is 0.556. The highest BCUT2D eigenvalue weighted by atomic mass is 35.5. The van der Waals surface area contributed by atoms with E-state index >= 15 is 0 Å². The van der Waals surface area contributed by atoms with E-state index in [1.807, 2.05) is 0 Å². The Hall–Kier alpha value is -1.03. The van der Waals surface area contributed by atoms with E-state index < -0.39 is 23.8 Å². The standard InChI is InChI=1S/C9H9ClO4/c1-13-8(11)5-2-4-3-6(10)7(5)9(12)14-4/h3-5,7H,2H2,1H3/t4-,5+,7+/m0/s1. The molecule has 0 spiro atoms. The van der Waals surface area contributed by atoms with Gasteiger partial charge in [-0.05, 0) is 6.08 Å². The van der Waals surface area contributed by atoms with Crippen molar-refractivity contribution < 1.29 is 19.1 Å². The van der Waals surface area contributed by atoms with Crippen LogP contribution in [0.15, 0.2) is 11.1 Å². The Labute approximate surface area is 85.8 Å². The first-order chi connectivity index (χ1) is 6.63. The van der Waals surface area contributed by atoms with Crippen LogP contribution in [0.2, 0.25) is 0 Å². The van der Waals surface area contributed by atoms with Crippen LogP contribution in [-0.4, -0.2) is 25.2 Å². The molecule has 0 aromatic carbocycles. The Bertz CT molecular complexity index is 323. The SMILES string of the molecule is COC(=O)[C@@H]1C[C@H]2C=C(Cl)[C@@H]1C(=O)O2. The van der Waals surface area contributed by atoms with Gasteiger partial charge in [0.15, 0.2) is 0 Å². The number of hydrogen-bond donors (Lipinski definition) is 0. The van der Waals surface area contributed by atoms with Gasteiger partial charge in [-0.2, -0.15) is 0 Å². The first kappa shape index (κ1) is 9.52. The molecule has 4 nitrogen and oxygen atoms in total. The maximum absolute atomic E-state index is 11.3. The molecule has 2 aliphatic heterocycles. The van der Waals surface area contributed by atoms with E-state index in [-0.39, 0.29) is 6.10 Å². The lowest BCUT2D eigenvalue weighted by Crippen LogP contribution is -2.45. The average Bonchev–Trinajstić information content (AvgIpc) is 2.15. The summed E-state index contributed by atoms with van der Waals surface area (Å²) in [5, 5.41) is 0.396. The van der Waals surface area contributed by atoms with Crippen molar-refractivity contribution in [3.05, 3.63) is 11.1 Å². The highest BCUT2D eigenvalue weighted by molar-refractivity contribution is 6.31. The van der Waals surface area contributed by atoms with Crippen molar-refractivity contribution in [2.75, 3.05) is 7.11 Å². The third kappa shape index (κ3) is 1.30. The van der Waals surface area contributed by atoms with Crippen LogP contribution >= 0.6 is 11.6 Å². The molecule has 0 unspecified atom stereocenters. The van der Waals surface area contributed by atoms with Gasteiger partial charge in [-0.3, -0.25) is 9.59 Å². The summed E-state index contributed by atoms with van der Waals surface area (Å²) in [5.41, 5.74) is 0. The Morgan fingerprint density at radius 1 is 1.71 bits per heavy atom. The molecule has 0 saturated carbocycles. The minimum Gasteiger partial charge on any atom is -0.469 e. The number of hydrogen-bond acceptors (Lipinski definition) is 4. The fourth-order valence-corrected chi connectivity index (χ4v) is 2.27. The van der Waals surface area contributed by atoms with Gasteiger partial charge in [0.1, 0.15) is 12.0 Å². The third-order valence-corrected chi connectivity index (χ3v) is 2.92. The lowest BCUT2D eigenvalue weighted by atomic mass is 9.80. The monoisotopic (exact) mass is 216 g/mol. The first-order valence-electron chi connectivity index (χ1n) is 4.29. The predicted octanol–water partition coefficient (Wildman–Crippen LogP) is 0.844. The van der Waals surface area contributed by atoms with Crippen molar-refractivity contribution in [1.82, 2.24) is 0 Å². The van der Waals surface area contributed by atoms with E-state index in [0.29, 0.717) is 11.5 Å². The summed E-state index contributed by atoms with van der Waals surface area (Å²) >= 11 is 5.86. The molecule has 14 heavy (non-hydrogen) atoms. The van der Waals surface area contributed by atoms with Crippen LogP contribution in [0.25, 0.3) is 0 Å². The fourth-order valence-electron chi connectivity index (χ4n) is 1.89. The molecule has 1 saturated heterocycles. The molecular weight excluding hydrogens is 208 g/mol. The zero-order valence-electron chi connectivity index (χ0n) is 7.53. The second-order valence-corrected chi connectivity index (χ2v) is 3.81. The van der Waals surface area contributed by atoms with Crippen LogP contribution in [0, 0.1) is 11.8 Å². The number of carbonyl (C=O) groups excluding carboxylic acids is 2. The van der Waals surface area contributed by atoms with E-state index in [4.69, 9.17) is 16.3 Å². The quantitative estimate of drug-likeness (QED) is 0.610. The van der Waals surface area contributed by atoms with Crippen molar-refractivity contribution in [3.63, 3.8) is 0 Å². The van der Waals surface area contributed by atoms with Crippen molar-refractivity contribution >= 4 is 23.5 Å². The van der Waals surface area contributed by atoms with Crippen molar-refractivity contribution in [2.24, 2.45) is 11.8 Å². The molecule has 0 aromatic heterocycles. The number of rotatable bonds is 1. The minimum absolute atomic E-state index is 0.371. The van der Waals surface area contributed by atoms with Gasteiger partial charge in [0, 0.05) is 11.5 Å². The van der Waals surface area contributed by atoms with E-state index in [0.717, 1.165) is 0 Å². The summed E-state index contributed by atoms with van der Waals surface area (Å²) in [7, 11) is 1.30. The molecule has 76 valence electrons. The zero-order valence-corrected chi connectivity index (χ0v) is 8.28. The second kappa shape index (κ2) is 3.28. The molecule has 0 amide bonds. The number of methoxy groups -OCH3 is 1. The largest absolute Gasteiger partial charge is 0.469 e. The van der Waals surface area contributed by atoms with Crippen LogP contribution in [0.3, 0.4) is 0 Å². The predicted molar refractivity (Wildman–Crippen MR) is 47.4 cm³/mol. The number of fused-ring (bicyclic) bond motifs is 2. The average molecular weight is 217 g/mol. The molecule has 1 fully saturated rings. The summed E-state index contributed by atoms with van der Waals surface area (Å²) in [6.07, 6.45) is 1.77. The van der Waals surface area contributed by atoms with Crippen LogP contribution in [0.5, 0.6) is 0 Å². The minimum atomic E-state index is -0.658. The number of ether oxygens (including phenoxy) is 2. The molecule has 0 N–H and O–H groups in total. The van der Waals surface area contributed by atoms with Gasteiger partial charge < -0.3 is 9.47 Å². The number of carbonyl (C=O) groups is 2. The lowest BCUT2D eigenvalue weighted by molar-refractivity contribution is -0.170. The molecule has 5 heteroatoms. The van der Waals surface area contributed by atoms with Gasteiger partial charge in [-0.1, -0.05) is 11.6 Å². The molecule has 1 aliphatic carbocycles. The molecule has 2 heterocycles. The van der Waals surface area contributed by atoms with E-state index in [1.165, 1.54) is 7.11 Å². The number of esters is 2. The maximum atomic E-state index is 11.3. The second-order valence-electron chi connectivity index (χ2n) is 3.37. The molecule has 0 radical (unpaired) electrons. The Balaban J connectivity index is 2.29. The maximum Gasteiger partial charge on any atom is 0.315 e. The van der Waals surface area contributed by atoms with Crippen molar-refractivity contribution in [3.8, 4) is 0 Å². The van der Waals surface area contributed by atoms with Crippen molar-refractivity contribution in [1.29, 1.82) is 0 Å². The van der Waals surface area contributed by atoms with Gasteiger partial charge in [-0.25, -0.2) is 0 Å². The van der Waals surface area contributed by atoms with Gasteiger partial charge >= 0.3 is 11.9 Å². The van der Waals surface area contributed by atoms with E-state index in [2.05, 4.69) is 4.74 Å². The highest BCUT2D eigenvalue weighted by Crippen LogP contribution is 2.40. The van der Waals surface area contributed by atoms with Crippen LogP contribution in [0.1, 0.15) is 6.42 Å². The van der Waals surface area contributed by atoms with Gasteiger partial charge in [0.2, 0.25) is 0 Å². The Morgan fingerprint density at radius 3 is 2.93 bits per heavy atom. The molecule has 3 atom stereocenters. The van der Waals surface area contributed by atoms with Crippen molar-refractivity contribution in [2.45, 2.75) is 12.5 Å². The van der Waals surface area contributed by atoms with Gasteiger partial charge in [-0.15, -0.1) is 0 Å². The molecule has 3 rings (SSSR count). The lowest BCUT2D eigenvalue weighted by Gasteiger charge is -2.36. The topological polar surface area (TPSA) is 52.6 Å². The summed E-state index contributed by atoms with van der Waals surface area (Å²) in [6.45, 7) is 0. The molecule has 0 aromatic rings. The zero-order chi connectivity index (χ0) is 10.3. The normalized spacial score (nSPS) is 34.9. The van der Waals surface area contributed by atoms with Gasteiger partial charge in [0.25, 0.3) is 0 Å². The Morgan fingerprint density at radius 2 is 2.43 bits per heavy atom. The van der Waals surface area contributed by atoms with Crippen LogP contribution in [0.4, 0.5) is 0 Å². The first-order valence-corrected chi connectivity index (χ1v) is 4.67. The summed E-state index contributed by atoms with van der Waals surface area (Å²) in [5.74, 6) is -1.97. The van der Waals surface area contributed by atoms with Crippen LogP contribution in [-0.2, 0) is 19.1 Å². The van der Waals surface area contributed by atoms with E-state index in [1.54, 1.807) is 6.08 Å². The molecule has 3 aliphatic rings. The summed E-state index contributed by atoms with van der Waals surface area (Å²) < 4.78 is 9.58. The molecular formula is C9H9ClO4. The van der Waals surface area contributed by atoms with Crippen LogP contribution < -0.4 is 0 Å². The third-order valence-electron chi connectivity index (χ3n) is 2.56. The van der Waals surface area contributed by atoms with Gasteiger partial charge in [0.05, 0.1) is 13.0 Å².